The van der Waals surface area contributed by atoms with E-state index >= 15 is 0 Å². The summed E-state index contributed by atoms with van der Waals surface area (Å²) >= 11 is 5.71. The van der Waals surface area contributed by atoms with Crippen molar-refractivity contribution in [2.24, 2.45) is 0 Å². The molecular formula is C10H15ClO3Si. The van der Waals surface area contributed by atoms with Gasteiger partial charge in [0, 0.05) is 32.4 Å². The van der Waals surface area contributed by atoms with Gasteiger partial charge in [0.05, 0.1) is 0 Å². The molecule has 0 amide bonds. The van der Waals surface area contributed by atoms with Gasteiger partial charge in [-0.2, -0.15) is 0 Å². The number of benzene rings is 1. The molecule has 0 aliphatic heterocycles. The lowest BCUT2D eigenvalue weighted by molar-refractivity contribution is 0.140. The van der Waals surface area contributed by atoms with E-state index in [1.807, 2.05) is 24.3 Å². The van der Waals surface area contributed by atoms with Crippen molar-refractivity contribution >= 4 is 25.6 Å². The average molecular weight is 247 g/mol. The van der Waals surface area contributed by atoms with Crippen LogP contribution in [0.15, 0.2) is 24.3 Å². The van der Waals surface area contributed by atoms with Gasteiger partial charge in [-0.3, -0.25) is 0 Å². The van der Waals surface area contributed by atoms with Crippen LogP contribution in [-0.2, 0) is 19.2 Å². The van der Waals surface area contributed by atoms with Crippen molar-refractivity contribution in [2.45, 2.75) is 5.88 Å². The van der Waals surface area contributed by atoms with Crippen LogP contribution in [-0.4, -0.2) is 30.1 Å². The zero-order chi connectivity index (χ0) is 11.3. The van der Waals surface area contributed by atoms with Crippen LogP contribution < -0.4 is 5.19 Å². The molecule has 1 rings (SSSR count). The van der Waals surface area contributed by atoms with Crippen LogP contribution in [0, 0.1) is 0 Å². The van der Waals surface area contributed by atoms with Crippen molar-refractivity contribution in [3.05, 3.63) is 29.8 Å². The highest BCUT2D eigenvalue weighted by atomic mass is 35.5. The predicted molar refractivity (Wildman–Crippen MR) is 62.4 cm³/mol. The Bertz CT molecular complexity index is 290. The zero-order valence-corrected chi connectivity index (χ0v) is 10.9. The third-order valence-electron chi connectivity index (χ3n) is 2.27. The summed E-state index contributed by atoms with van der Waals surface area (Å²) in [6.45, 7) is 0. The van der Waals surface area contributed by atoms with Crippen molar-refractivity contribution in [3.8, 4) is 0 Å². The third kappa shape index (κ3) is 2.59. The minimum Gasteiger partial charge on any atom is -0.373 e. The standard InChI is InChI=1S/C10H15ClO3Si/c1-12-15(13-2,14-3)10-6-4-9(8-11)5-7-10/h4-7H,8H2,1-3H3. The Labute approximate surface area is 96.3 Å². The van der Waals surface area contributed by atoms with Gasteiger partial charge in [-0.05, 0) is 5.56 Å². The Morgan fingerprint density at radius 2 is 1.47 bits per heavy atom. The Balaban J connectivity index is 3.01. The summed E-state index contributed by atoms with van der Waals surface area (Å²) in [5.74, 6) is 0.502. The molecule has 0 spiro atoms. The molecule has 84 valence electrons. The minimum absolute atomic E-state index is 0.502. The molecular weight excluding hydrogens is 232 g/mol. The first kappa shape index (κ1) is 12.7. The average Bonchev–Trinajstić information content (AvgIpc) is 2.33. The van der Waals surface area contributed by atoms with Crippen molar-refractivity contribution in [1.82, 2.24) is 0 Å². The first-order valence-electron chi connectivity index (χ1n) is 4.53. The SMILES string of the molecule is CO[Si](OC)(OC)c1ccc(CCl)cc1. The second-order valence-corrected chi connectivity index (χ2v) is 6.18. The number of hydrogen-bond donors (Lipinski definition) is 0. The Morgan fingerprint density at radius 1 is 1.00 bits per heavy atom. The summed E-state index contributed by atoms with van der Waals surface area (Å²) in [6.07, 6.45) is 0. The van der Waals surface area contributed by atoms with Crippen LogP contribution in [0.2, 0.25) is 0 Å². The molecule has 0 unspecified atom stereocenters. The van der Waals surface area contributed by atoms with Gasteiger partial charge in [0.25, 0.3) is 0 Å². The number of alkyl halides is 1. The van der Waals surface area contributed by atoms with Gasteiger partial charge in [-0.25, -0.2) is 0 Å². The van der Waals surface area contributed by atoms with E-state index in [2.05, 4.69) is 0 Å². The molecule has 0 saturated carbocycles. The van der Waals surface area contributed by atoms with Crippen LogP contribution in [0.1, 0.15) is 5.56 Å². The van der Waals surface area contributed by atoms with E-state index in [-0.39, 0.29) is 0 Å². The zero-order valence-electron chi connectivity index (χ0n) is 9.12. The molecule has 0 radical (unpaired) electrons. The third-order valence-corrected chi connectivity index (χ3v) is 5.23. The van der Waals surface area contributed by atoms with Gasteiger partial charge in [-0.15, -0.1) is 11.6 Å². The van der Waals surface area contributed by atoms with Gasteiger partial charge in [-0.1, -0.05) is 24.3 Å². The van der Waals surface area contributed by atoms with Crippen molar-refractivity contribution in [2.75, 3.05) is 21.3 Å². The summed E-state index contributed by atoms with van der Waals surface area (Å²) in [4.78, 5) is 0. The Morgan fingerprint density at radius 3 is 1.80 bits per heavy atom. The minimum atomic E-state index is -2.67. The van der Waals surface area contributed by atoms with Crippen molar-refractivity contribution in [3.63, 3.8) is 0 Å². The van der Waals surface area contributed by atoms with Crippen LogP contribution in [0.5, 0.6) is 0 Å². The lowest BCUT2D eigenvalue weighted by Gasteiger charge is -2.24. The monoisotopic (exact) mass is 246 g/mol. The van der Waals surface area contributed by atoms with Gasteiger partial charge >= 0.3 is 8.80 Å². The fourth-order valence-electron chi connectivity index (χ4n) is 1.40. The van der Waals surface area contributed by atoms with Gasteiger partial charge in [0.15, 0.2) is 0 Å². The largest absolute Gasteiger partial charge is 0.536 e. The predicted octanol–water partition coefficient (Wildman–Crippen LogP) is 1.51. The van der Waals surface area contributed by atoms with E-state index in [9.17, 15) is 0 Å². The van der Waals surface area contributed by atoms with E-state index in [1.165, 1.54) is 0 Å². The van der Waals surface area contributed by atoms with E-state index in [0.717, 1.165) is 10.8 Å². The van der Waals surface area contributed by atoms with Crippen LogP contribution in [0.4, 0.5) is 0 Å². The molecule has 0 N–H and O–H groups in total. The lowest BCUT2D eigenvalue weighted by atomic mass is 10.2. The van der Waals surface area contributed by atoms with Gasteiger partial charge < -0.3 is 13.3 Å². The molecule has 0 aliphatic carbocycles. The molecule has 0 saturated heterocycles. The first-order valence-corrected chi connectivity index (χ1v) is 6.79. The molecule has 0 bridgehead atoms. The first-order chi connectivity index (χ1) is 7.22. The summed E-state index contributed by atoms with van der Waals surface area (Å²) in [6, 6.07) is 7.75. The van der Waals surface area contributed by atoms with Crippen LogP contribution in [0.3, 0.4) is 0 Å². The highest BCUT2D eigenvalue weighted by molar-refractivity contribution is 6.75. The maximum absolute atomic E-state index is 5.71. The van der Waals surface area contributed by atoms with Crippen molar-refractivity contribution < 1.29 is 13.3 Å². The number of rotatable bonds is 5. The second kappa shape index (κ2) is 5.63. The lowest BCUT2D eigenvalue weighted by Crippen LogP contribution is -2.54. The number of halogens is 1. The molecule has 5 heteroatoms. The Kier molecular flexibility index (Phi) is 4.75. The summed E-state index contributed by atoms with van der Waals surface area (Å²) in [5.41, 5.74) is 1.06. The molecule has 0 aromatic heterocycles. The Hall–Kier alpha value is -0.393. The van der Waals surface area contributed by atoms with Gasteiger partial charge in [0.1, 0.15) is 0 Å². The van der Waals surface area contributed by atoms with Crippen molar-refractivity contribution in [1.29, 1.82) is 0 Å². The highest BCUT2D eigenvalue weighted by Gasteiger charge is 2.40. The summed E-state index contributed by atoms with van der Waals surface area (Å²) < 4.78 is 16.1. The molecule has 0 fully saturated rings. The van der Waals surface area contributed by atoms with Crippen LogP contribution in [0.25, 0.3) is 0 Å². The molecule has 0 atom stereocenters. The van der Waals surface area contributed by atoms with E-state index in [0.29, 0.717) is 5.88 Å². The second-order valence-electron chi connectivity index (χ2n) is 3.00. The molecule has 0 heterocycles. The van der Waals surface area contributed by atoms with E-state index in [4.69, 9.17) is 24.9 Å². The highest BCUT2D eigenvalue weighted by Crippen LogP contribution is 2.09. The normalized spacial score (nSPS) is 11.7. The maximum Gasteiger partial charge on any atom is 0.536 e. The van der Waals surface area contributed by atoms with E-state index < -0.39 is 8.80 Å². The molecule has 3 nitrogen and oxygen atoms in total. The maximum atomic E-state index is 5.71. The topological polar surface area (TPSA) is 27.7 Å². The fraction of sp³-hybridized carbons (Fsp3) is 0.400. The van der Waals surface area contributed by atoms with E-state index in [1.54, 1.807) is 21.3 Å². The molecule has 1 aromatic rings. The molecule has 1 aromatic carbocycles. The fourth-order valence-corrected chi connectivity index (χ4v) is 3.36. The molecule has 15 heavy (non-hydrogen) atoms. The quantitative estimate of drug-likeness (QED) is 0.582. The number of hydrogen-bond acceptors (Lipinski definition) is 3. The molecule has 0 aliphatic rings. The van der Waals surface area contributed by atoms with Gasteiger partial charge in [0.2, 0.25) is 0 Å². The smallest absolute Gasteiger partial charge is 0.373 e. The van der Waals surface area contributed by atoms with Crippen LogP contribution >= 0.6 is 11.6 Å². The summed E-state index contributed by atoms with van der Waals surface area (Å²) in [7, 11) is 2.10. The summed E-state index contributed by atoms with van der Waals surface area (Å²) in [5, 5.41) is 0.934.